The Kier molecular flexibility index (Phi) is 4.23. The van der Waals surface area contributed by atoms with Crippen molar-refractivity contribution < 1.29 is 0 Å². The first-order valence-electron chi connectivity index (χ1n) is 5.68. The summed E-state index contributed by atoms with van der Waals surface area (Å²) in [4.78, 5) is 4.34. The number of hydrogen-bond acceptors (Lipinski definition) is 2. The lowest BCUT2D eigenvalue weighted by Gasteiger charge is -2.13. The molecular weight excluding hydrogens is 267 g/mol. The van der Waals surface area contributed by atoms with E-state index in [-0.39, 0.29) is 6.04 Å². The van der Waals surface area contributed by atoms with Gasteiger partial charge in [0.25, 0.3) is 0 Å². The Morgan fingerprint density at radius 3 is 2.50 bits per heavy atom. The van der Waals surface area contributed by atoms with E-state index >= 15 is 0 Å². The van der Waals surface area contributed by atoms with Crippen molar-refractivity contribution in [2.75, 3.05) is 0 Å². The van der Waals surface area contributed by atoms with Gasteiger partial charge in [-0.1, -0.05) is 29.3 Å². The van der Waals surface area contributed by atoms with E-state index < -0.39 is 0 Å². The molecule has 2 rings (SSSR count). The molecule has 1 aromatic carbocycles. The molecule has 0 fully saturated rings. The molecule has 0 aliphatic rings. The van der Waals surface area contributed by atoms with E-state index in [1.54, 1.807) is 12.3 Å². The fourth-order valence-electron chi connectivity index (χ4n) is 1.85. The highest BCUT2D eigenvalue weighted by Crippen LogP contribution is 2.24. The van der Waals surface area contributed by atoms with Gasteiger partial charge in [-0.25, -0.2) is 0 Å². The second-order valence-electron chi connectivity index (χ2n) is 4.28. The number of pyridine rings is 1. The molecule has 1 aromatic heterocycles. The predicted octanol–water partition coefficient (Wildman–Crippen LogP) is 3.94. The molecule has 1 unspecified atom stereocenters. The lowest BCUT2D eigenvalue weighted by molar-refractivity contribution is 0.703. The summed E-state index contributed by atoms with van der Waals surface area (Å²) in [6, 6.07) is 9.17. The third-order valence-electron chi connectivity index (χ3n) is 2.84. The van der Waals surface area contributed by atoms with Gasteiger partial charge in [0.1, 0.15) is 0 Å². The molecule has 0 amide bonds. The average Bonchev–Trinajstić information content (AvgIpc) is 2.31. The third-order valence-corrected chi connectivity index (χ3v) is 3.28. The first kappa shape index (κ1) is 13.3. The van der Waals surface area contributed by atoms with Gasteiger partial charge in [0.05, 0.1) is 0 Å². The van der Waals surface area contributed by atoms with Crippen LogP contribution in [0.2, 0.25) is 10.0 Å². The van der Waals surface area contributed by atoms with Gasteiger partial charge in [0, 0.05) is 34.4 Å². The molecule has 0 aliphatic heterocycles. The first-order chi connectivity index (χ1) is 8.56. The van der Waals surface area contributed by atoms with Crippen LogP contribution in [0.3, 0.4) is 0 Å². The van der Waals surface area contributed by atoms with Crippen LogP contribution in [0.4, 0.5) is 0 Å². The van der Waals surface area contributed by atoms with Crippen LogP contribution in [0.25, 0.3) is 0 Å². The van der Waals surface area contributed by atoms with Crippen LogP contribution in [-0.2, 0) is 6.42 Å². The summed E-state index contributed by atoms with van der Waals surface area (Å²) in [6.45, 7) is 2.03. The Labute approximate surface area is 117 Å². The van der Waals surface area contributed by atoms with Crippen LogP contribution in [0.1, 0.15) is 22.9 Å². The highest BCUT2D eigenvalue weighted by atomic mass is 35.5. The normalized spacial score (nSPS) is 12.4. The second kappa shape index (κ2) is 5.70. The molecule has 0 radical (unpaired) electrons. The van der Waals surface area contributed by atoms with Gasteiger partial charge in [-0.2, -0.15) is 0 Å². The molecule has 18 heavy (non-hydrogen) atoms. The van der Waals surface area contributed by atoms with Crippen molar-refractivity contribution in [3.05, 3.63) is 63.4 Å². The third kappa shape index (κ3) is 3.22. The highest BCUT2D eigenvalue weighted by Gasteiger charge is 2.11. The van der Waals surface area contributed by atoms with Crippen molar-refractivity contribution in [3.63, 3.8) is 0 Å². The van der Waals surface area contributed by atoms with E-state index in [2.05, 4.69) is 4.98 Å². The number of aryl methyl sites for hydroxylation is 1. The lowest BCUT2D eigenvalue weighted by Crippen LogP contribution is -2.14. The number of aromatic nitrogens is 1. The topological polar surface area (TPSA) is 38.9 Å². The van der Waals surface area contributed by atoms with E-state index in [9.17, 15) is 0 Å². The molecule has 2 N–H and O–H groups in total. The quantitative estimate of drug-likeness (QED) is 0.925. The largest absolute Gasteiger partial charge is 0.324 e. The van der Waals surface area contributed by atoms with Crippen LogP contribution in [0.15, 0.2) is 36.5 Å². The van der Waals surface area contributed by atoms with Crippen molar-refractivity contribution in [1.82, 2.24) is 4.98 Å². The smallest absolute Gasteiger partial charge is 0.0451 e. The Balaban J connectivity index is 2.22. The fourth-order valence-corrected chi connectivity index (χ4v) is 2.39. The maximum atomic E-state index is 6.18. The van der Waals surface area contributed by atoms with Crippen molar-refractivity contribution >= 4 is 23.2 Å². The number of nitrogens with zero attached hydrogens (tertiary/aromatic N) is 1. The summed E-state index contributed by atoms with van der Waals surface area (Å²) in [5.74, 6) is 0. The molecule has 0 saturated heterocycles. The second-order valence-corrected chi connectivity index (χ2v) is 5.15. The molecule has 0 bridgehead atoms. The van der Waals surface area contributed by atoms with Crippen LogP contribution in [0.5, 0.6) is 0 Å². The van der Waals surface area contributed by atoms with E-state index in [0.29, 0.717) is 16.5 Å². The van der Waals surface area contributed by atoms with Gasteiger partial charge in [-0.3, -0.25) is 4.98 Å². The maximum absolute atomic E-state index is 6.18. The number of rotatable bonds is 3. The van der Waals surface area contributed by atoms with E-state index in [1.165, 1.54) is 0 Å². The molecule has 1 heterocycles. The molecule has 2 nitrogen and oxygen atoms in total. The summed E-state index contributed by atoms with van der Waals surface area (Å²) in [6.07, 6.45) is 2.45. The number of nitrogens with two attached hydrogens (primary N) is 1. The van der Waals surface area contributed by atoms with E-state index in [1.807, 2.05) is 31.2 Å². The van der Waals surface area contributed by atoms with E-state index in [0.717, 1.165) is 16.8 Å². The molecule has 2 aromatic rings. The summed E-state index contributed by atoms with van der Waals surface area (Å²) in [7, 11) is 0. The minimum absolute atomic E-state index is 0.158. The van der Waals surface area contributed by atoms with Crippen LogP contribution in [0, 0.1) is 6.92 Å². The first-order valence-corrected chi connectivity index (χ1v) is 6.44. The summed E-state index contributed by atoms with van der Waals surface area (Å²) < 4.78 is 0. The predicted molar refractivity (Wildman–Crippen MR) is 76.1 cm³/mol. The van der Waals surface area contributed by atoms with Crippen molar-refractivity contribution in [1.29, 1.82) is 0 Å². The number of benzene rings is 1. The highest BCUT2D eigenvalue weighted by molar-refractivity contribution is 6.34. The molecular formula is C14H14Cl2N2. The molecule has 0 saturated carbocycles. The monoisotopic (exact) mass is 280 g/mol. The average molecular weight is 281 g/mol. The zero-order valence-electron chi connectivity index (χ0n) is 10.0. The zero-order valence-corrected chi connectivity index (χ0v) is 11.5. The molecule has 0 spiro atoms. The Morgan fingerprint density at radius 1 is 1.22 bits per heavy atom. The van der Waals surface area contributed by atoms with Gasteiger partial charge in [-0.05, 0) is 42.3 Å². The van der Waals surface area contributed by atoms with Gasteiger partial charge < -0.3 is 5.73 Å². The van der Waals surface area contributed by atoms with E-state index in [4.69, 9.17) is 28.9 Å². The maximum Gasteiger partial charge on any atom is 0.0451 e. The number of halogens is 2. The Morgan fingerprint density at radius 2 is 1.89 bits per heavy atom. The van der Waals surface area contributed by atoms with Gasteiger partial charge in [0.15, 0.2) is 0 Å². The van der Waals surface area contributed by atoms with Crippen LogP contribution in [-0.4, -0.2) is 4.98 Å². The molecule has 4 heteroatoms. The number of hydrogen-bond donors (Lipinski definition) is 1. The summed E-state index contributed by atoms with van der Waals surface area (Å²) >= 11 is 11.9. The van der Waals surface area contributed by atoms with Crippen LogP contribution >= 0.6 is 23.2 Å². The fraction of sp³-hybridized carbons (Fsp3) is 0.214. The molecule has 0 aliphatic carbocycles. The summed E-state index contributed by atoms with van der Waals surface area (Å²) in [5, 5.41) is 1.20. The molecule has 94 valence electrons. The Bertz CT molecular complexity index is 535. The van der Waals surface area contributed by atoms with Gasteiger partial charge in [-0.15, -0.1) is 0 Å². The van der Waals surface area contributed by atoms with Crippen molar-refractivity contribution in [3.8, 4) is 0 Å². The SMILES string of the molecule is Cc1cccnc1CC(N)c1cc(Cl)cc(Cl)c1. The molecule has 1 atom stereocenters. The van der Waals surface area contributed by atoms with Gasteiger partial charge >= 0.3 is 0 Å². The minimum Gasteiger partial charge on any atom is -0.324 e. The van der Waals surface area contributed by atoms with Crippen molar-refractivity contribution in [2.24, 2.45) is 5.73 Å². The van der Waals surface area contributed by atoms with Crippen molar-refractivity contribution in [2.45, 2.75) is 19.4 Å². The van der Waals surface area contributed by atoms with Gasteiger partial charge in [0.2, 0.25) is 0 Å². The summed E-state index contributed by atoms with van der Waals surface area (Å²) in [5.41, 5.74) is 9.25. The standard InChI is InChI=1S/C14H14Cl2N2/c1-9-3-2-4-18-14(9)8-13(17)10-5-11(15)7-12(16)6-10/h2-7,13H,8,17H2,1H3. The Hall–Kier alpha value is -1.09. The van der Waals surface area contributed by atoms with Crippen LogP contribution < -0.4 is 5.73 Å². The minimum atomic E-state index is -0.158. The zero-order chi connectivity index (χ0) is 13.1. The lowest BCUT2D eigenvalue weighted by atomic mass is 10.0.